The first kappa shape index (κ1) is 27.4. The van der Waals surface area contributed by atoms with E-state index in [4.69, 9.17) is 0 Å². The van der Waals surface area contributed by atoms with Gasteiger partial charge in [-0.15, -0.1) is 5.10 Å². The number of aromatic carboxylic acids is 1. The minimum atomic E-state index is -1.01. The number of fused-ring (bicyclic) bond motifs is 1. The van der Waals surface area contributed by atoms with Gasteiger partial charge in [-0.05, 0) is 61.9 Å². The molecule has 2 atom stereocenters. The maximum atomic E-state index is 13.6. The third-order valence-electron chi connectivity index (χ3n) is 9.88. The topological polar surface area (TPSA) is 107 Å². The molecule has 0 unspecified atom stereocenters. The summed E-state index contributed by atoms with van der Waals surface area (Å²) in [6.07, 6.45) is 4.89. The number of amides is 1. The first-order valence-electron chi connectivity index (χ1n) is 15.1. The lowest BCUT2D eigenvalue weighted by molar-refractivity contribution is 0.0688. The van der Waals surface area contributed by atoms with Crippen LogP contribution in [0, 0.1) is 19.3 Å². The van der Waals surface area contributed by atoms with Gasteiger partial charge in [0.25, 0.3) is 5.91 Å². The molecular weight excluding hydrogens is 542 g/mol. The highest BCUT2D eigenvalue weighted by Crippen LogP contribution is 2.41. The predicted molar refractivity (Wildman–Crippen MR) is 164 cm³/mol. The van der Waals surface area contributed by atoms with Gasteiger partial charge in [-0.3, -0.25) is 4.79 Å². The van der Waals surface area contributed by atoms with Crippen molar-refractivity contribution < 1.29 is 14.7 Å². The standard InChI is InChI=1S/C33H37N7O3/c1-22-9-10-26(34-27(22)31(42)43)38-15-12-33(20-38)13-16-39(21-33)30(41)28-35-29-23(2)17-25(18-40(29)36-28)37-14-11-32(3,19-37)24-7-5-4-6-8-24/h4-10,17-18H,11-16,19-21H2,1-3H3,(H,42,43)/t32-,33+/m0/s1. The molecule has 3 aliphatic heterocycles. The van der Waals surface area contributed by atoms with E-state index in [9.17, 15) is 14.7 Å². The number of aromatic nitrogens is 4. The molecule has 3 fully saturated rings. The number of hydrogen-bond acceptors (Lipinski definition) is 7. The van der Waals surface area contributed by atoms with Crippen molar-refractivity contribution in [1.29, 1.82) is 0 Å². The maximum absolute atomic E-state index is 13.6. The van der Waals surface area contributed by atoms with Crippen LogP contribution >= 0.6 is 0 Å². The smallest absolute Gasteiger partial charge is 0.354 e. The second-order valence-corrected chi connectivity index (χ2v) is 13.0. The van der Waals surface area contributed by atoms with E-state index in [0.29, 0.717) is 30.1 Å². The Kier molecular flexibility index (Phi) is 6.41. The van der Waals surface area contributed by atoms with Crippen LogP contribution in [0.25, 0.3) is 5.65 Å². The number of benzene rings is 1. The van der Waals surface area contributed by atoms with Crippen molar-refractivity contribution in [2.45, 2.75) is 45.4 Å². The van der Waals surface area contributed by atoms with E-state index < -0.39 is 5.97 Å². The molecule has 1 amide bonds. The summed E-state index contributed by atoms with van der Waals surface area (Å²) in [6.45, 7) is 10.8. The van der Waals surface area contributed by atoms with E-state index in [1.807, 2.05) is 30.2 Å². The number of rotatable bonds is 5. The second kappa shape index (κ2) is 10.1. The summed E-state index contributed by atoms with van der Waals surface area (Å²) < 4.78 is 1.77. The van der Waals surface area contributed by atoms with Crippen molar-refractivity contribution in [2.75, 3.05) is 49.1 Å². The predicted octanol–water partition coefficient (Wildman–Crippen LogP) is 4.35. The summed E-state index contributed by atoms with van der Waals surface area (Å²) >= 11 is 0. The molecule has 222 valence electrons. The summed E-state index contributed by atoms with van der Waals surface area (Å²) in [5.74, 6) is -0.243. The molecule has 3 aliphatic rings. The molecule has 0 bridgehead atoms. The molecule has 1 spiro atoms. The van der Waals surface area contributed by atoms with Gasteiger partial charge in [-0.25, -0.2) is 19.3 Å². The van der Waals surface area contributed by atoms with E-state index in [1.165, 1.54) is 5.56 Å². The van der Waals surface area contributed by atoms with Gasteiger partial charge in [0.05, 0.1) is 11.9 Å². The monoisotopic (exact) mass is 579 g/mol. The van der Waals surface area contributed by atoms with Crippen LogP contribution in [-0.2, 0) is 5.41 Å². The van der Waals surface area contributed by atoms with Crippen LogP contribution in [0.3, 0.4) is 0 Å². The fraction of sp³-hybridized carbons (Fsp3) is 0.424. The Morgan fingerprint density at radius 2 is 1.63 bits per heavy atom. The Morgan fingerprint density at radius 1 is 0.860 bits per heavy atom. The van der Waals surface area contributed by atoms with E-state index in [-0.39, 0.29) is 28.3 Å². The summed E-state index contributed by atoms with van der Waals surface area (Å²) in [7, 11) is 0. The fourth-order valence-electron chi connectivity index (χ4n) is 7.28. The summed E-state index contributed by atoms with van der Waals surface area (Å²) in [6, 6.07) is 16.6. The average Bonchev–Trinajstić information content (AvgIpc) is 3.80. The SMILES string of the molecule is Cc1ccc(N2CC[C@@]3(CCN(C(=O)c4nc5c(C)cc(N6CC[C@](C)(c7ccccc7)C6)cn5n4)C3)C2)nc1C(=O)O. The van der Waals surface area contributed by atoms with E-state index >= 15 is 0 Å². The fourth-order valence-corrected chi connectivity index (χ4v) is 7.28. The first-order chi connectivity index (χ1) is 20.6. The van der Waals surface area contributed by atoms with Crippen LogP contribution in [0.15, 0.2) is 54.7 Å². The van der Waals surface area contributed by atoms with Gasteiger partial charge < -0.3 is 19.8 Å². The second-order valence-electron chi connectivity index (χ2n) is 13.0. The van der Waals surface area contributed by atoms with Gasteiger partial charge in [0.15, 0.2) is 11.3 Å². The number of carbonyl (C=O) groups is 2. The van der Waals surface area contributed by atoms with Gasteiger partial charge in [-0.2, -0.15) is 0 Å². The van der Waals surface area contributed by atoms with Gasteiger partial charge >= 0.3 is 5.97 Å². The highest BCUT2D eigenvalue weighted by Gasteiger charge is 2.46. The van der Waals surface area contributed by atoms with Crippen LogP contribution in [0.1, 0.15) is 64.0 Å². The van der Waals surface area contributed by atoms with Crippen LogP contribution in [0.4, 0.5) is 11.5 Å². The summed E-state index contributed by atoms with van der Waals surface area (Å²) in [4.78, 5) is 40.8. The highest BCUT2D eigenvalue weighted by atomic mass is 16.4. The largest absolute Gasteiger partial charge is 0.477 e. The average molecular weight is 580 g/mol. The van der Waals surface area contributed by atoms with Crippen LogP contribution < -0.4 is 9.80 Å². The van der Waals surface area contributed by atoms with Gasteiger partial charge in [0, 0.05) is 50.1 Å². The number of carboxylic acids is 1. The van der Waals surface area contributed by atoms with Crippen LogP contribution in [0.2, 0.25) is 0 Å². The Hall–Kier alpha value is -4.47. The minimum absolute atomic E-state index is 0.0466. The normalized spacial score (nSPS) is 23.7. The van der Waals surface area contributed by atoms with Gasteiger partial charge in [0.2, 0.25) is 5.82 Å². The molecule has 3 aromatic heterocycles. The molecule has 7 rings (SSSR count). The van der Waals surface area contributed by atoms with Gasteiger partial charge in [0.1, 0.15) is 5.82 Å². The lowest BCUT2D eigenvalue weighted by Crippen LogP contribution is -2.34. The maximum Gasteiger partial charge on any atom is 0.354 e. The number of likely N-dealkylation sites (tertiary alicyclic amines) is 1. The molecule has 0 aliphatic carbocycles. The number of hydrogen-bond donors (Lipinski definition) is 1. The number of carbonyl (C=O) groups excluding carboxylic acids is 1. The zero-order chi connectivity index (χ0) is 29.9. The Balaban J connectivity index is 1.06. The molecular formula is C33H37N7O3. The van der Waals surface area contributed by atoms with E-state index in [2.05, 4.69) is 68.2 Å². The summed E-state index contributed by atoms with van der Waals surface area (Å²) in [5, 5.41) is 14.2. The third-order valence-corrected chi connectivity index (χ3v) is 9.88. The number of pyridine rings is 2. The molecule has 3 saturated heterocycles. The molecule has 10 heteroatoms. The molecule has 0 saturated carbocycles. The highest BCUT2D eigenvalue weighted by molar-refractivity contribution is 5.91. The number of aryl methyl sites for hydroxylation is 2. The molecule has 43 heavy (non-hydrogen) atoms. The number of nitrogens with zero attached hydrogens (tertiary/aromatic N) is 7. The third kappa shape index (κ3) is 4.78. The molecule has 6 heterocycles. The number of carboxylic acid groups (broad SMARTS) is 1. The Morgan fingerprint density at radius 3 is 2.42 bits per heavy atom. The van der Waals surface area contributed by atoms with Crippen molar-refractivity contribution in [2.24, 2.45) is 5.41 Å². The lowest BCUT2D eigenvalue weighted by Gasteiger charge is -2.26. The van der Waals surface area contributed by atoms with Crippen LogP contribution in [-0.4, -0.2) is 80.7 Å². The van der Waals surface area contributed by atoms with Crippen molar-refractivity contribution in [3.63, 3.8) is 0 Å². The first-order valence-corrected chi connectivity index (χ1v) is 15.1. The molecule has 0 radical (unpaired) electrons. The lowest BCUT2D eigenvalue weighted by atomic mass is 9.82. The zero-order valence-electron chi connectivity index (χ0n) is 25.0. The quantitative estimate of drug-likeness (QED) is 0.372. The van der Waals surface area contributed by atoms with E-state index in [1.54, 1.807) is 11.4 Å². The Bertz CT molecular complexity index is 1740. The Labute approximate surface area is 251 Å². The molecule has 1 N–H and O–H groups in total. The number of anilines is 2. The summed E-state index contributed by atoms with van der Waals surface area (Å²) in [5.41, 5.74) is 4.93. The minimum Gasteiger partial charge on any atom is -0.477 e. The van der Waals surface area contributed by atoms with Gasteiger partial charge in [-0.1, -0.05) is 43.3 Å². The van der Waals surface area contributed by atoms with Crippen molar-refractivity contribution in [3.8, 4) is 0 Å². The molecule has 1 aromatic carbocycles. The van der Waals surface area contributed by atoms with Crippen molar-refractivity contribution in [3.05, 3.63) is 82.9 Å². The zero-order valence-corrected chi connectivity index (χ0v) is 25.0. The molecule has 4 aromatic rings. The van der Waals surface area contributed by atoms with E-state index in [0.717, 1.165) is 56.7 Å². The van der Waals surface area contributed by atoms with Crippen molar-refractivity contribution in [1.82, 2.24) is 24.5 Å². The van der Waals surface area contributed by atoms with Crippen LogP contribution in [0.5, 0.6) is 0 Å². The van der Waals surface area contributed by atoms with Crippen molar-refractivity contribution >= 4 is 29.0 Å². The molecule has 10 nitrogen and oxygen atoms in total.